The lowest BCUT2D eigenvalue weighted by Gasteiger charge is -2.57. The molecule has 31 heavy (non-hydrogen) atoms. The van der Waals surface area contributed by atoms with Gasteiger partial charge in [-0.25, -0.2) is 9.97 Å². The van der Waals surface area contributed by atoms with Gasteiger partial charge in [0, 0.05) is 25.2 Å². The average Bonchev–Trinajstić information content (AvgIpc) is 2.77. The monoisotopic (exact) mass is 416 g/mol. The molecular weight excluding hydrogens is 380 g/mol. The van der Waals surface area contributed by atoms with E-state index >= 15 is 0 Å². The molecule has 4 aliphatic carbocycles. The van der Waals surface area contributed by atoms with Gasteiger partial charge in [0.05, 0.1) is 5.69 Å². The van der Waals surface area contributed by atoms with Crippen LogP contribution in [0, 0.1) is 23.2 Å². The summed E-state index contributed by atoms with van der Waals surface area (Å²) in [7, 11) is 0. The molecule has 4 bridgehead atoms. The van der Waals surface area contributed by atoms with E-state index in [1.54, 1.807) is 6.33 Å². The summed E-state index contributed by atoms with van der Waals surface area (Å²) in [5, 5.41) is 3.84. The molecule has 7 rings (SSSR count). The van der Waals surface area contributed by atoms with Crippen molar-refractivity contribution in [2.75, 3.05) is 25.0 Å². The highest BCUT2D eigenvalue weighted by molar-refractivity contribution is 5.47. The highest BCUT2D eigenvalue weighted by Gasteiger charge is 2.50. The van der Waals surface area contributed by atoms with Crippen LogP contribution in [0.15, 0.2) is 36.7 Å². The van der Waals surface area contributed by atoms with Gasteiger partial charge in [0.25, 0.3) is 0 Å². The minimum atomic E-state index is 0.546. The van der Waals surface area contributed by atoms with Crippen LogP contribution in [0.1, 0.15) is 61.8 Å². The third-order valence-corrected chi connectivity index (χ3v) is 8.66. The molecule has 0 unspecified atom stereocenters. The van der Waals surface area contributed by atoms with E-state index < -0.39 is 0 Å². The molecule has 0 amide bonds. The largest absolute Gasteiger partial charge is 0.369 e. The molecule has 1 N–H and O–H groups in total. The number of nitrogens with one attached hydrogen (secondary N) is 1. The first kappa shape index (κ1) is 19.7. The van der Waals surface area contributed by atoms with Gasteiger partial charge in [0.15, 0.2) is 0 Å². The maximum atomic E-state index is 4.70. The van der Waals surface area contributed by atoms with E-state index in [4.69, 9.17) is 4.98 Å². The standard InChI is InChI=1S/C27H36N4/c1-2-5-20(6-3-1)7-4-9-31-10-8-24-25(17-31)29-19-30-26(24)28-18-27-14-21-11-22(15-27)13-23(12-21)16-27/h1-3,5-6,19,21-23H,4,7-18H2,(H,28,29,30). The number of nitrogens with zero attached hydrogens (tertiary/aromatic N) is 3. The van der Waals surface area contributed by atoms with E-state index in [9.17, 15) is 0 Å². The number of hydrogen-bond donors (Lipinski definition) is 1. The number of benzene rings is 1. The fourth-order valence-corrected chi connectivity index (χ4v) is 7.68. The van der Waals surface area contributed by atoms with Crippen molar-refractivity contribution in [3.63, 3.8) is 0 Å². The van der Waals surface area contributed by atoms with Gasteiger partial charge in [0.2, 0.25) is 0 Å². The molecule has 0 spiro atoms. The molecule has 4 fully saturated rings. The zero-order valence-electron chi connectivity index (χ0n) is 18.7. The second-order valence-electron chi connectivity index (χ2n) is 11.0. The summed E-state index contributed by atoms with van der Waals surface area (Å²) in [4.78, 5) is 11.9. The minimum Gasteiger partial charge on any atom is -0.369 e. The molecule has 1 aromatic carbocycles. The number of rotatable bonds is 7. The van der Waals surface area contributed by atoms with Gasteiger partial charge in [-0.1, -0.05) is 30.3 Å². The topological polar surface area (TPSA) is 41.1 Å². The Kier molecular flexibility index (Phi) is 5.22. The normalized spacial score (nSPS) is 31.5. The average molecular weight is 417 g/mol. The lowest BCUT2D eigenvalue weighted by molar-refractivity contribution is -0.0444. The summed E-state index contributed by atoms with van der Waals surface area (Å²) in [6.07, 6.45) is 14.1. The summed E-state index contributed by atoms with van der Waals surface area (Å²) in [5.74, 6) is 4.16. The van der Waals surface area contributed by atoms with Gasteiger partial charge in [0.1, 0.15) is 12.1 Å². The predicted octanol–water partition coefficient (Wildman–Crippen LogP) is 5.10. The van der Waals surface area contributed by atoms with Gasteiger partial charge < -0.3 is 5.32 Å². The van der Waals surface area contributed by atoms with Crippen molar-refractivity contribution in [3.8, 4) is 0 Å². The molecule has 1 aromatic heterocycles. The lowest BCUT2D eigenvalue weighted by Crippen LogP contribution is -2.49. The van der Waals surface area contributed by atoms with Crippen LogP contribution >= 0.6 is 0 Å². The van der Waals surface area contributed by atoms with Gasteiger partial charge in [-0.3, -0.25) is 4.90 Å². The molecule has 4 saturated carbocycles. The smallest absolute Gasteiger partial charge is 0.132 e. The molecule has 164 valence electrons. The fraction of sp³-hybridized carbons (Fsp3) is 0.630. The zero-order valence-corrected chi connectivity index (χ0v) is 18.7. The predicted molar refractivity (Wildman–Crippen MR) is 125 cm³/mol. The summed E-state index contributed by atoms with van der Waals surface area (Å²) in [6, 6.07) is 10.9. The van der Waals surface area contributed by atoms with Crippen molar-refractivity contribution in [2.24, 2.45) is 23.2 Å². The number of aryl methyl sites for hydroxylation is 1. The molecule has 5 aliphatic rings. The Balaban J connectivity index is 1.07. The Morgan fingerprint density at radius 2 is 1.71 bits per heavy atom. The Morgan fingerprint density at radius 1 is 0.968 bits per heavy atom. The minimum absolute atomic E-state index is 0.546. The van der Waals surface area contributed by atoms with Crippen LogP contribution in [0.3, 0.4) is 0 Å². The van der Waals surface area contributed by atoms with E-state index in [2.05, 4.69) is 45.5 Å². The van der Waals surface area contributed by atoms with Gasteiger partial charge in [-0.2, -0.15) is 0 Å². The SMILES string of the molecule is c1ccc(CCCN2CCc3c(ncnc3NCC34CC5CC(CC(C5)C3)C4)C2)cc1. The Hall–Kier alpha value is -1.94. The van der Waals surface area contributed by atoms with Crippen LogP contribution in [0.2, 0.25) is 0 Å². The molecular formula is C27H36N4. The van der Waals surface area contributed by atoms with Crippen molar-refractivity contribution in [1.29, 1.82) is 0 Å². The lowest BCUT2D eigenvalue weighted by atomic mass is 9.49. The summed E-state index contributed by atoms with van der Waals surface area (Å²) >= 11 is 0. The molecule has 0 radical (unpaired) electrons. The summed E-state index contributed by atoms with van der Waals surface area (Å²) in [5.41, 5.74) is 4.61. The second-order valence-corrected chi connectivity index (χ2v) is 11.0. The van der Waals surface area contributed by atoms with Crippen LogP contribution in [-0.2, 0) is 19.4 Å². The Bertz CT molecular complexity index is 873. The van der Waals surface area contributed by atoms with E-state index in [1.807, 2.05) is 0 Å². The highest BCUT2D eigenvalue weighted by Crippen LogP contribution is 2.59. The summed E-state index contributed by atoms with van der Waals surface area (Å²) < 4.78 is 0. The maximum Gasteiger partial charge on any atom is 0.132 e. The molecule has 2 heterocycles. The van der Waals surface area contributed by atoms with Crippen molar-refractivity contribution in [1.82, 2.24) is 14.9 Å². The number of anilines is 1. The van der Waals surface area contributed by atoms with Crippen molar-refractivity contribution in [2.45, 2.75) is 64.3 Å². The van der Waals surface area contributed by atoms with Crippen LogP contribution in [-0.4, -0.2) is 34.5 Å². The first-order chi connectivity index (χ1) is 15.2. The van der Waals surface area contributed by atoms with E-state index in [1.165, 1.54) is 61.8 Å². The zero-order chi connectivity index (χ0) is 20.7. The second kappa shape index (κ2) is 8.20. The number of hydrogen-bond acceptors (Lipinski definition) is 4. The van der Waals surface area contributed by atoms with Crippen molar-refractivity contribution >= 4 is 5.82 Å². The number of aromatic nitrogens is 2. The van der Waals surface area contributed by atoms with Crippen LogP contribution in [0.25, 0.3) is 0 Å². The Labute approximate surface area is 186 Å². The maximum absolute atomic E-state index is 4.70. The van der Waals surface area contributed by atoms with Gasteiger partial charge >= 0.3 is 0 Å². The molecule has 2 aromatic rings. The van der Waals surface area contributed by atoms with E-state index in [-0.39, 0.29) is 0 Å². The first-order valence-electron chi connectivity index (χ1n) is 12.6. The van der Waals surface area contributed by atoms with Crippen molar-refractivity contribution < 1.29 is 0 Å². The van der Waals surface area contributed by atoms with E-state index in [0.29, 0.717) is 5.41 Å². The molecule has 1 aliphatic heterocycles. The van der Waals surface area contributed by atoms with Crippen LogP contribution in [0.5, 0.6) is 0 Å². The quantitative estimate of drug-likeness (QED) is 0.682. The van der Waals surface area contributed by atoms with E-state index in [0.717, 1.165) is 62.6 Å². The summed E-state index contributed by atoms with van der Waals surface area (Å²) in [6.45, 7) is 4.37. The molecule has 4 heteroatoms. The van der Waals surface area contributed by atoms with Crippen molar-refractivity contribution in [3.05, 3.63) is 53.5 Å². The van der Waals surface area contributed by atoms with Gasteiger partial charge in [-0.05, 0) is 93.1 Å². The molecule has 0 atom stereocenters. The molecule has 0 saturated heterocycles. The van der Waals surface area contributed by atoms with Crippen LogP contribution < -0.4 is 5.32 Å². The van der Waals surface area contributed by atoms with Crippen LogP contribution in [0.4, 0.5) is 5.82 Å². The third kappa shape index (κ3) is 4.11. The molecule has 4 nitrogen and oxygen atoms in total. The third-order valence-electron chi connectivity index (χ3n) is 8.66. The first-order valence-corrected chi connectivity index (χ1v) is 12.6. The number of fused-ring (bicyclic) bond motifs is 1. The van der Waals surface area contributed by atoms with Gasteiger partial charge in [-0.15, -0.1) is 0 Å². The Morgan fingerprint density at radius 3 is 2.45 bits per heavy atom. The highest BCUT2D eigenvalue weighted by atomic mass is 15.1. The fourth-order valence-electron chi connectivity index (χ4n) is 7.68.